The monoisotopic (exact) mass is 384 g/mol. The van der Waals surface area contributed by atoms with E-state index in [2.05, 4.69) is 0 Å². The Bertz CT molecular complexity index is 655. The van der Waals surface area contributed by atoms with Crippen molar-refractivity contribution in [3.8, 4) is 0 Å². The standard InChI is InChI=1S/C7H14O12P2S/c1-22(18,19)3-7(6(10)11,21(15,16)17)2-4(5(8)9)20(12,13)14/h4H,2-3H2,1H3,(H,8,9)(H,10,11)(H2,12,13,14)(H2,15,16,17). The van der Waals surface area contributed by atoms with Crippen LogP contribution in [0.25, 0.3) is 0 Å². The van der Waals surface area contributed by atoms with Crippen molar-refractivity contribution in [2.75, 3.05) is 12.0 Å². The maximum atomic E-state index is 11.5. The molecule has 22 heavy (non-hydrogen) atoms. The smallest absolute Gasteiger partial charge is 0.343 e. The van der Waals surface area contributed by atoms with Crippen molar-refractivity contribution in [2.24, 2.45) is 0 Å². The second kappa shape index (κ2) is 6.36. The fraction of sp³-hybridized carbons (Fsp3) is 0.714. The molecule has 0 radical (unpaired) electrons. The predicted octanol–water partition coefficient (Wildman–Crippen LogP) is -1.95. The zero-order chi connectivity index (χ0) is 18.1. The lowest BCUT2D eigenvalue weighted by Gasteiger charge is -2.31. The van der Waals surface area contributed by atoms with E-state index in [9.17, 15) is 36.9 Å². The molecule has 0 rings (SSSR count). The van der Waals surface area contributed by atoms with Crippen LogP contribution in [0.4, 0.5) is 0 Å². The average molecular weight is 384 g/mol. The van der Waals surface area contributed by atoms with Crippen molar-refractivity contribution in [2.45, 2.75) is 17.2 Å². The van der Waals surface area contributed by atoms with Crippen molar-refractivity contribution < 1.29 is 56.9 Å². The molecule has 0 aliphatic rings. The summed E-state index contributed by atoms with van der Waals surface area (Å²) in [6.45, 7) is 0. The van der Waals surface area contributed by atoms with E-state index >= 15 is 0 Å². The Morgan fingerprint density at radius 1 is 1.09 bits per heavy atom. The van der Waals surface area contributed by atoms with Gasteiger partial charge in [0.05, 0.1) is 5.75 Å². The van der Waals surface area contributed by atoms with E-state index in [4.69, 9.17) is 20.0 Å². The molecule has 0 aromatic carbocycles. The normalized spacial score (nSPS) is 17.5. The SMILES string of the molecule is CS(=O)(=O)CC(CC(C(=O)O)P(=O)(O)O)(C(=O)O)P(=O)(O)O. The Hall–Kier alpha value is -0.810. The van der Waals surface area contributed by atoms with Crippen LogP contribution in [0.5, 0.6) is 0 Å². The summed E-state index contributed by atoms with van der Waals surface area (Å²) in [5, 5.41) is 14.3. The third kappa shape index (κ3) is 5.13. The molecule has 0 aliphatic heterocycles. The van der Waals surface area contributed by atoms with Crippen molar-refractivity contribution in [1.29, 1.82) is 0 Å². The fourth-order valence-electron chi connectivity index (χ4n) is 1.64. The van der Waals surface area contributed by atoms with Gasteiger partial charge < -0.3 is 29.8 Å². The van der Waals surface area contributed by atoms with Crippen molar-refractivity contribution >= 4 is 37.0 Å². The Kier molecular flexibility index (Phi) is 6.13. The Labute approximate surface area is 124 Å². The Balaban J connectivity index is 6.31. The van der Waals surface area contributed by atoms with Gasteiger partial charge in [0, 0.05) is 12.7 Å². The molecule has 0 heterocycles. The van der Waals surface area contributed by atoms with Crippen LogP contribution in [0.1, 0.15) is 6.42 Å². The number of carbonyl (C=O) groups is 2. The predicted molar refractivity (Wildman–Crippen MR) is 70.2 cm³/mol. The van der Waals surface area contributed by atoms with Gasteiger partial charge in [0.1, 0.15) is 9.84 Å². The molecule has 0 aromatic heterocycles. The minimum absolute atomic E-state index is 0.438. The number of hydrogen-bond donors (Lipinski definition) is 6. The largest absolute Gasteiger partial charge is 0.481 e. The van der Waals surface area contributed by atoms with Crippen LogP contribution in [0, 0.1) is 0 Å². The van der Waals surface area contributed by atoms with Crippen LogP contribution in [0.2, 0.25) is 0 Å². The summed E-state index contributed by atoms with van der Waals surface area (Å²) in [5.41, 5.74) is -2.79. The summed E-state index contributed by atoms with van der Waals surface area (Å²) in [6.07, 6.45) is -1.33. The first-order chi connectivity index (χ1) is 9.44. The molecule has 0 spiro atoms. The van der Waals surface area contributed by atoms with Gasteiger partial charge in [0.15, 0.2) is 10.8 Å². The van der Waals surface area contributed by atoms with Crippen molar-refractivity contribution in [1.82, 2.24) is 0 Å². The van der Waals surface area contributed by atoms with Crippen LogP contribution < -0.4 is 0 Å². The van der Waals surface area contributed by atoms with Crippen LogP contribution in [0.3, 0.4) is 0 Å². The Morgan fingerprint density at radius 3 is 1.68 bits per heavy atom. The molecule has 2 atom stereocenters. The number of sulfone groups is 1. The van der Waals surface area contributed by atoms with Crippen LogP contribution >= 0.6 is 15.2 Å². The molecule has 0 amide bonds. The highest BCUT2D eigenvalue weighted by Gasteiger charge is 2.60. The first kappa shape index (κ1) is 21.2. The molecule has 0 bridgehead atoms. The summed E-state index contributed by atoms with van der Waals surface area (Å²) < 4.78 is 45.0. The van der Waals surface area contributed by atoms with E-state index in [0.29, 0.717) is 6.26 Å². The van der Waals surface area contributed by atoms with E-state index < -0.39 is 60.0 Å². The van der Waals surface area contributed by atoms with Crippen LogP contribution in [0.15, 0.2) is 0 Å². The second-order valence-corrected chi connectivity index (χ2v) is 10.5. The summed E-state index contributed by atoms with van der Waals surface area (Å²) in [7, 11) is -15.7. The number of carboxylic acid groups (broad SMARTS) is 2. The van der Waals surface area contributed by atoms with Gasteiger partial charge in [-0.15, -0.1) is 0 Å². The molecule has 2 unspecified atom stereocenters. The summed E-state index contributed by atoms with van der Waals surface area (Å²) in [4.78, 5) is 58.2. The maximum Gasteiger partial charge on any atom is 0.343 e. The zero-order valence-corrected chi connectivity index (χ0v) is 13.5. The van der Waals surface area contributed by atoms with E-state index in [1.165, 1.54) is 0 Å². The van der Waals surface area contributed by atoms with Gasteiger partial charge in [-0.1, -0.05) is 0 Å². The lowest BCUT2D eigenvalue weighted by molar-refractivity contribution is -0.141. The summed E-state index contributed by atoms with van der Waals surface area (Å²) >= 11 is 0. The third-order valence-electron chi connectivity index (χ3n) is 2.68. The van der Waals surface area contributed by atoms with Gasteiger partial charge in [-0.25, -0.2) is 8.42 Å². The second-order valence-electron chi connectivity index (χ2n) is 4.60. The summed E-state index contributed by atoms with van der Waals surface area (Å²) in [6, 6.07) is 0. The minimum atomic E-state index is -5.81. The van der Waals surface area contributed by atoms with Gasteiger partial charge in [0.2, 0.25) is 0 Å². The first-order valence-corrected chi connectivity index (χ1v) is 10.5. The van der Waals surface area contributed by atoms with Crippen molar-refractivity contribution in [3.63, 3.8) is 0 Å². The lowest BCUT2D eigenvalue weighted by atomic mass is 10.0. The van der Waals surface area contributed by atoms with Gasteiger partial charge in [0.25, 0.3) is 0 Å². The molecular formula is C7H14O12P2S. The first-order valence-electron chi connectivity index (χ1n) is 5.19. The molecule has 0 saturated heterocycles. The third-order valence-corrected chi connectivity index (χ3v) is 6.77. The number of rotatable bonds is 8. The van der Waals surface area contributed by atoms with Crippen molar-refractivity contribution in [3.05, 3.63) is 0 Å². The molecule has 0 saturated carbocycles. The number of hydrogen-bond acceptors (Lipinski definition) is 6. The van der Waals surface area contributed by atoms with Gasteiger partial charge in [-0.3, -0.25) is 18.7 Å². The van der Waals surface area contributed by atoms with Gasteiger partial charge in [-0.05, 0) is 0 Å². The molecule has 0 aromatic rings. The number of aliphatic carboxylic acids is 2. The quantitative estimate of drug-likeness (QED) is 0.251. The van der Waals surface area contributed by atoms with E-state index in [0.717, 1.165) is 0 Å². The zero-order valence-electron chi connectivity index (χ0n) is 10.9. The number of carboxylic acids is 2. The molecular weight excluding hydrogens is 370 g/mol. The highest BCUT2D eigenvalue weighted by Crippen LogP contribution is 2.57. The van der Waals surface area contributed by atoms with E-state index in [1.54, 1.807) is 0 Å². The highest BCUT2D eigenvalue weighted by atomic mass is 32.2. The molecule has 12 nitrogen and oxygen atoms in total. The molecule has 15 heteroatoms. The topological polar surface area (TPSA) is 224 Å². The Morgan fingerprint density at radius 2 is 1.50 bits per heavy atom. The minimum Gasteiger partial charge on any atom is -0.481 e. The fourth-order valence-corrected chi connectivity index (χ4v) is 5.78. The summed E-state index contributed by atoms with van der Waals surface area (Å²) in [5.74, 6) is -6.30. The van der Waals surface area contributed by atoms with Gasteiger partial charge in [-0.2, -0.15) is 0 Å². The van der Waals surface area contributed by atoms with Crippen LogP contribution in [-0.2, 0) is 28.6 Å². The molecule has 0 fully saturated rings. The van der Waals surface area contributed by atoms with Gasteiger partial charge >= 0.3 is 27.1 Å². The maximum absolute atomic E-state index is 11.5. The highest BCUT2D eigenvalue weighted by molar-refractivity contribution is 7.91. The van der Waals surface area contributed by atoms with Crippen LogP contribution in [-0.4, -0.2) is 73.0 Å². The van der Waals surface area contributed by atoms with E-state index in [1.807, 2.05) is 0 Å². The van der Waals surface area contributed by atoms with E-state index in [-0.39, 0.29) is 0 Å². The molecule has 0 aliphatic carbocycles. The average Bonchev–Trinajstić information content (AvgIpc) is 2.17. The lowest BCUT2D eigenvalue weighted by Crippen LogP contribution is -2.48. The molecule has 6 N–H and O–H groups in total. The molecule has 130 valence electrons.